The molecule has 0 spiro atoms. The zero-order chi connectivity index (χ0) is 12.8. The molecule has 8 heteroatoms. The molecule has 1 unspecified atom stereocenters. The minimum atomic E-state index is -1.11. The summed E-state index contributed by atoms with van der Waals surface area (Å²) in [4.78, 5) is 22.9. The van der Waals surface area contributed by atoms with Gasteiger partial charge in [0.25, 0.3) is 5.69 Å². The molecule has 1 atom stereocenters. The number of benzene rings is 1. The maximum absolute atomic E-state index is 10.5. The maximum atomic E-state index is 10.5. The van der Waals surface area contributed by atoms with Crippen molar-refractivity contribution >= 4 is 11.7 Å². The third kappa shape index (κ3) is 3.47. The number of nitro groups is 1. The van der Waals surface area contributed by atoms with Crippen LogP contribution in [0.25, 0.3) is 10.4 Å². The van der Waals surface area contributed by atoms with E-state index in [0.717, 1.165) is 0 Å². The molecule has 1 aromatic carbocycles. The third-order valence-corrected chi connectivity index (χ3v) is 2.05. The van der Waals surface area contributed by atoms with Gasteiger partial charge >= 0.3 is 5.97 Å². The molecule has 0 fully saturated rings. The minimum absolute atomic E-state index is 0.108. The normalized spacial score (nSPS) is 11.3. The molecular weight excluding hydrogens is 228 g/mol. The monoisotopic (exact) mass is 236 g/mol. The first kappa shape index (κ1) is 12.5. The van der Waals surface area contributed by atoms with Crippen molar-refractivity contribution in [3.05, 3.63) is 50.4 Å². The van der Waals surface area contributed by atoms with Crippen LogP contribution in [0.3, 0.4) is 0 Å². The zero-order valence-electron chi connectivity index (χ0n) is 8.55. The van der Waals surface area contributed by atoms with E-state index in [4.69, 9.17) is 10.6 Å². The molecule has 1 rings (SSSR count). The van der Waals surface area contributed by atoms with Crippen molar-refractivity contribution in [1.29, 1.82) is 0 Å². The first-order valence-corrected chi connectivity index (χ1v) is 4.55. The van der Waals surface area contributed by atoms with Gasteiger partial charge in [-0.05, 0) is 11.1 Å². The van der Waals surface area contributed by atoms with Crippen LogP contribution in [-0.4, -0.2) is 16.0 Å². The number of aliphatic carboxylic acids is 1. The van der Waals surface area contributed by atoms with E-state index in [1.807, 2.05) is 0 Å². The van der Waals surface area contributed by atoms with Gasteiger partial charge in [0.05, 0.1) is 17.4 Å². The lowest BCUT2D eigenvalue weighted by molar-refractivity contribution is -0.384. The number of carboxylic acids is 1. The predicted molar refractivity (Wildman–Crippen MR) is 57.2 cm³/mol. The van der Waals surface area contributed by atoms with Crippen LogP contribution in [0.2, 0.25) is 0 Å². The second kappa shape index (κ2) is 5.47. The van der Waals surface area contributed by atoms with Crippen molar-refractivity contribution in [2.45, 2.75) is 12.5 Å². The number of carboxylic acid groups (broad SMARTS) is 1. The molecule has 0 radical (unpaired) electrons. The summed E-state index contributed by atoms with van der Waals surface area (Å²) in [5.74, 6) is -1.11. The number of nitrogens with zero attached hydrogens (tertiary/aromatic N) is 4. The second-order valence-electron chi connectivity index (χ2n) is 3.17. The van der Waals surface area contributed by atoms with E-state index in [1.165, 1.54) is 24.3 Å². The lowest BCUT2D eigenvalue weighted by Gasteiger charge is -2.07. The fourth-order valence-electron chi connectivity index (χ4n) is 1.27. The smallest absolute Gasteiger partial charge is 0.304 e. The van der Waals surface area contributed by atoms with Gasteiger partial charge < -0.3 is 5.11 Å². The topological polar surface area (TPSA) is 129 Å². The van der Waals surface area contributed by atoms with Crippen LogP contribution in [0.1, 0.15) is 18.0 Å². The number of hydrogen-bond donors (Lipinski definition) is 1. The number of azide groups is 1. The molecule has 0 amide bonds. The third-order valence-electron chi connectivity index (χ3n) is 2.05. The Labute approximate surface area is 95.3 Å². The van der Waals surface area contributed by atoms with Gasteiger partial charge in [-0.25, -0.2) is 0 Å². The Morgan fingerprint density at radius 1 is 1.53 bits per heavy atom. The van der Waals surface area contributed by atoms with E-state index < -0.39 is 16.9 Å². The largest absolute Gasteiger partial charge is 0.481 e. The van der Waals surface area contributed by atoms with E-state index in [-0.39, 0.29) is 12.1 Å². The fourth-order valence-corrected chi connectivity index (χ4v) is 1.27. The van der Waals surface area contributed by atoms with Crippen molar-refractivity contribution in [2.24, 2.45) is 5.11 Å². The average molecular weight is 236 g/mol. The Morgan fingerprint density at radius 3 is 2.53 bits per heavy atom. The van der Waals surface area contributed by atoms with Gasteiger partial charge in [-0.1, -0.05) is 17.2 Å². The van der Waals surface area contributed by atoms with Gasteiger partial charge in [-0.2, -0.15) is 0 Å². The van der Waals surface area contributed by atoms with Gasteiger partial charge in [-0.3, -0.25) is 14.9 Å². The van der Waals surface area contributed by atoms with Crippen LogP contribution in [0.4, 0.5) is 5.69 Å². The SMILES string of the molecule is [N-]=[N+]=NC(CC(=O)O)c1ccc([N+](=O)[O-])cc1. The molecular formula is C9H8N4O4. The molecule has 1 aromatic rings. The number of hydrogen-bond acceptors (Lipinski definition) is 4. The van der Waals surface area contributed by atoms with E-state index in [2.05, 4.69) is 10.0 Å². The summed E-state index contributed by atoms with van der Waals surface area (Å²) in [6.07, 6.45) is -0.359. The molecule has 0 bridgehead atoms. The van der Waals surface area contributed by atoms with E-state index in [1.54, 1.807) is 0 Å². The lowest BCUT2D eigenvalue weighted by Crippen LogP contribution is -2.03. The Morgan fingerprint density at radius 2 is 2.12 bits per heavy atom. The van der Waals surface area contributed by atoms with Gasteiger partial charge in [0.1, 0.15) is 0 Å². The lowest BCUT2D eigenvalue weighted by atomic mass is 10.0. The number of carbonyl (C=O) groups is 1. The van der Waals surface area contributed by atoms with E-state index >= 15 is 0 Å². The molecule has 0 saturated heterocycles. The van der Waals surface area contributed by atoms with Crippen LogP contribution < -0.4 is 0 Å². The van der Waals surface area contributed by atoms with Crippen molar-refractivity contribution in [3.8, 4) is 0 Å². The van der Waals surface area contributed by atoms with Gasteiger partial charge in [0.15, 0.2) is 0 Å². The molecule has 0 aliphatic heterocycles. The molecule has 17 heavy (non-hydrogen) atoms. The van der Waals surface area contributed by atoms with Crippen LogP contribution in [0, 0.1) is 10.1 Å². The Kier molecular flexibility index (Phi) is 4.02. The van der Waals surface area contributed by atoms with Crippen molar-refractivity contribution in [2.75, 3.05) is 0 Å². The van der Waals surface area contributed by atoms with Crippen LogP contribution in [0.5, 0.6) is 0 Å². The summed E-state index contributed by atoms with van der Waals surface area (Å²) in [5.41, 5.74) is 8.63. The first-order valence-electron chi connectivity index (χ1n) is 4.55. The number of non-ortho nitro benzene ring substituents is 1. The summed E-state index contributed by atoms with van der Waals surface area (Å²) >= 11 is 0. The zero-order valence-corrected chi connectivity index (χ0v) is 8.55. The summed E-state index contributed by atoms with van der Waals surface area (Å²) in [5, 5.41) is 22.4. The minimum Gasteiger partial charge on any atom is -0.481 e. The van der Waals surface area contributed by atoms with Gasteiger partial charge in [-0.15, -0.1) is 0 Å². The highest BCUT2D eigenvalue weighted by molar-refractivity contribution is 5.68. The molecule has 0 heterocycles. The van der Waals surface area contributed by atoms with Crippen LogP contribution >= 0.6 is 0 Å². The van der Waals surface area contributed by atoms with Crippen molar-refractivity contribution < 1.29 is 14.8 Å². The molecule has 0 aliphatic carbocycles. The molecule has 0 aromatic heterocycles. The number of rotatable bonds is 5. The Bertz CT molecular complexity index is 478. The standard InChI is InChI=1S/C9H8N4O4/c10-12-11-8(5-9(14)15)6-1-3-7(4-2-6)13(16)17/h1-4,8H,5H2,(H,14,15). The Balaban J connectivity index is 2.98. The summed E-state index contributed by atoms with van der Waals surface area (Å²) in [6, 6.07) is 4.35. The van der Waals surface area contributed by atoms with Gasteiger partial charge in [0.2, 0.25) is 0 Å². The average Bonchev–Trinajstić information content (AvgIpc) is 2.28. The molecule has 0 aliphatic rings. The molecule has 8 nitrogen and oxygen atoms in total. The van der Waals surface area contributed by atoms with Crippen LogP contribution in [0.15, 0.2) is 29.4 Å². The fraction of sp³-hybridized carbons (Fsp3) is 0.222. The van der Waals surface area contributed by atoms with Crippen molar-refractivity contribution in [3.63, 3.8) is 0 Å². The quantitative estimate of drug-likeness (QED) is 0.276. The van der Waals surface area contributed by atoms with E-state index in [0.29, 0.717) is 5.56 Å². The highest BCUT2D eigenvalue weighted by Crippen LogP contribution is 2.23. The van der Waals surface area contributed by atoms with Crippen molar-refractivity contribution in [1.82, 2.24) is 0 Å². The summed E-state index contributed by atoms with van der Waals surface area (Å²) < 4.78 is 0. The predicted octanol–water partition coefficient (Wildman–Crippen LogP) is 2.42. The molecule has 88 valence electrons. The molecule has 0 saturated carbocycles. The number of nitro benzene ring substituents is 1. The first-order chi connectivity index (χ1) is 8.04. The van der Waals surface area contributed by atoms with Crippen LogP contribution in [-0.2, 0) is 4.79 Å². The van der Waals surface area contributed by atoms with E-state index in [9.17, 15) is 14.9 Å². The second-order valence-corrected chi connectivity index (χ2v) is 3.17. The maximum Gasteiger partial charge on any atom is 0.304 e. The summed E-state index contributed by atoms with van der Waals surface area (Å²) in [7, 11) is 0. The van der Waals surface area contributed by atoms with Gasteiger partial charge in [0, 0.05) is 17.0 Å². The highest BCUT2D eigenvalue weighted by atomic mass is 16.6. The molecule has 1 N–H and O–H groups in total. The Hall–Kier alpha value is -2.60. The highest BCUT2D eigenvalue weighted by Gasteiger charge is 2.15. The summed E-state index contributed by atoms with van der Waals surface area (Å²) in [6.45, 7) is 0.